The van der Waals surface area contributed by atoms with E-state index < -0.39 is 13.7 Å². The number of nitrogens with zero attached hydrogens (tertiary/aromatic N) is 1. The van der Waals surface area contributed by atoms with Crippen LogP contribution in [-0.4, -0.2) is 14.1 Å². The Hall–Kier alpha value is -1.08. The SMILES string of the molecule is C[C@@H]1CCCC[C@H]2CC(O[Si](C)(C)C(C)(C)C)=C[C@@H](C)[C@@]2(C#N)C1=O. The summed E-state index contributed by atoms with van der Waals surface area (Å²) in [6.45, 7) is 15.3. The molecule has 3 nitrogen and oxygen atoms in total. The molecule has 0 bridgehead atoms. The number of carbonyl (C=O) groups is 1. The summed E-state index contributed by atoms with van der Waals surface area (Å²) < 4.78 is 6.57. The van der Waals surface area contributed by atoms with Crippen LogP contribution in [0.3, 0.4) is 0 Å². The van der Waals surface area contributed by atoms with Gasteiger partial charge >= 0.3 is 0 Å². The van der Waals surface area contributed by atoms with Crippen molar-refractivity contribution >= 4 is 14.1 Å². The first-order valence-electron chi connectivity index (χ1n) is 9.81. The number of hydrogen-bond acceptors (Lipinski definition) is 3. The van der Waals surface area contributed by atoms with Crippen LogP contribution in [0.25, 0.3) is 0 Å². The lowest BCUT2D eigenvalue weighted by molar-refractivity contribution is -0.135. The molecule has 0 aliphatic heterocycles. The van der Waals surface area contributed by atoms with Gasteiger partial charge in [0, 0.05) is 18.3 Å². The van der Waals surface area contributed by atoms with Crippen LogP contribution in [0, 0.1) is 34.5 Å². The Morgan fingerprint density at radius 2 is 1.84 bits per heavy atom. The summed E-state index contributed by atoms with van der Waals surface area (Å²) in [4.78, 5) is 13.2. The summed E-state index contributed by atoms with van der Waals surface area (Å²) in [5, 5.41) is 10.2. The zero-order chi connectivity index (χ0) is 19.0. The van der Waals surface area contributed by atoms with Crippen molar-refractivity contribution in [1.82, 2.24) is 0 Å². The second-order valence-corrected chi connectivity index (χ2v) is 14.4. The quantitative estimate of drug-likeness (QED) is 0.581. The van der Waals surface area contributed by atoms with Gasteiger partial charge in [0.1, 0.15) is 5.41 Å². The zero-order valence-electron chi connectivity index (χ0n) is 17.1. The fourth-order valence-electron chi connectivity index (χ4n) is 4.19. The molecule has 0 heterocycles. The van der Waals surface area contributed by atoms with Crippen molar-refractivity contribution in [3.05, 3.63) is 11.8 Å². The van der Waals surface area contributed by atoms with E-state index in [0.717, 1.165) is 37.9 Å². The second kappa shape index (κ2) is 6.91. The molecule has 0 aromatic heterocycles. The van der Waals surface area contributed by atoms with E-state index in [1.807, 2.05) is 13.8 Å². The first-order valence-corrected chi connectivity index (χ1v) is 12.7. The van der Waals surface area contributed by atoms with E-state index in [1.165, 1.54) is 0 Å². The highest BCUT2D eigenvalue weighted by Crippen LogP contribution is 2.51. The molecule has 1 fully saturated rings. The Labute approximate surface area is 155 Å². The van der Waals surface area contributed by atoms with Crippen LogP contribution < -0.4 is 0 Å². The Kier molecular flexibility index (Phi) is 5.59. The van der Waals surface area contributed by atoms with Gasteiger partial charge in [-0.25, -0.2) is 0 Å². The van der Waals surface area contributed by atoms with Crippen molar-refractivity contribution in [2.75, 3.05) is 0 Å². The summed E-state index contributed by atoms with van der Waals surface area (Å²) in [5.74, 6) is 1.18. The lowest BCUT2D eigenvalue weighted by atomic mass is 9.57. The predicted molar refractivity (Wildman–Crippen MR) is 104 cm³/mol. The number of rotatable bonds is 2. The third-order valence-electron chi connectivity index (χ3n) is 6.92. The largest absolute Gasteiger partial charge is 0.547 e. The molecule has 2 aliphatic rings. The molecule has 25 heavy (non-hydrogen) atoms. The average molecular weight is 362 g/mol. The zero-order valence-corrected chi connectivity index (χ0v) is 18.1. The van der Waals surface area contributed by atoms with E-state index in [1.54, 1.807) is 0 Å². The lowest BCUT2D eigenvalue weighted by Gasteiger charge is -2.46. The Bertz CT molecular complexity index is 596. The fraction of sp³-hybridized carbons (Fsp3) is 0.810. The van der Waals surface area contributed by atoms with Crippen molar-refractivity contribution < 1.29 is 9.22 Å². The summed E-state index contributed by atoms with van der Waals surface area (Å²) in [5.41, 5.74) is -0.861. The topological polar surface area (TPSA) is 50.1 Å². The van der Waals surface area contributed by atoms with E-state index in [0.29, 0.717) is 0 Å². The maximum absolute atomic E-state index is 13.2. The molecule has 0 N–H and O–H groups in total. The highest BCUT2D eigenvalue weighted by molar-refractivity contribution is 6.74. The van der Waals surface area contributed by atoms with Gasteiger partial charge in [0.25, 0.3) is 0 Å². The van der Waals surface area contributed by atoms with Gasteiger partial charge in [-0.15, -0.1) is 0 Å². The third kappa shape index (κ3) is 3.58. The monoisotopic (exact) mass is 361 g/mol. The lowest BCUT2D eigenvalue weighted by Crippen LogP contribution is -2.49. The highest BCUT2D eigenvalue weighted by Gasteiger charge is 2.54. The summed E-state index contributed by atoms with van der Waals surface area (Å²) in [6.07, 6.45) is 6.88. The van der Waals surface area contributed by atoms with Gasteiger partial charge in [0.2, 0.25) is 8.32 Å². The van der Waals surface area contributed by atoms with Crippen molar-refractivity contribution in [3.8, 4) is 6.07 Å². The van der Waals surface area contributed by atoms with Gasteiger partial charge in [0.05, 0.1) is 11.8 Å². The fourth-order valence-corrected chi connectivity index (χ4v) is 5.31. The molecule has 0 aromatic carbocycles. The van der Waals surface area contributed by atoms with E-state index in [2.05, 4.69) is 46.0 Å². The van der Waals surface area contributed by atoms with Crippen LogP contribution in [0.1, 0.15) is 66.7 Å². The normalized spacial score (nSPS) is 34.2. The Balaban J connectivity index is 2.39. The van der Waals surface area contributed by atoms with Crippen molar-refractivity contribution in [1.29, 1.82) is 5.26 Å². The first-order chi connectivity index (χ1) is 11.5. The molecule has 0 saturated heterocycles. The van der Waals surface area contributed by atoms with E-state index in [4.69, 9.17) is 4.43 Å². The number of carbonyl (C=O) groups excluding carboxylic acids is 1. The number of ketones is 1. The maximum Gasteiger partial charge on any atom is 0.250 e. The molecule has 0 spiro atoms. The van der Waals surface area contributed by atoms with Crippen LogP contribution in [0.15, 0.2) is 11.8 Å². The van der Waals surface area contributed by atoms with Gasteiger partial charge in [-0.2, -0.15) is 5.26 Å². The number of fused-ring (bicyclic) bond motifs is 1. The number of hydrogen-bond donors (Lipinski definition) is 0. The smallest absolute Gasteiger partial charge is 0.250 e. The van der Waals surface area contributed by atoms with Gasteiger partial charge in [-0.1, -0.05) is 47.5 Å². The Morgan fingerprint density at radius 1 is 1.24 bits per heavy atom. The van der Waals surface area contributed by atoms with Crippen LogP contribution in [0.2, 0.25) is 18.1 Å². The summed E-state index contributed by atoms with van der Waals surface area (Å²) in [7, 11) is -1.90. The van der Waals surface area contributed by atoms with Crippen LogP contribution >= 0.6 is 0 Å². The molecule has 2 rings (SSSR count). The van der Waals surface area contributed by atoms with Crippen LogP contribution in [-0.2, 0) is 9.22 Å². The minimum Gasteiger partial charge on any atom is -0.547 e. The van der Waals surface area contributed by atoms with Crippen molar-refractivity contribution in [2.45, 2.75) is 84.9 Å². The van der Waals surface area contributed by atoms with Crippen LogP contribution in [0.4, 0.5) is 0 Å². The summed E-state index contributed by atoms with van der Waals surface area (Å²) >= 11 is 0. The van der Waals surface area contributed by atoms with Gasteiger partial charge < -0.3 is 4.43 Å². The van der Waals surface area contributed by atoms with Crippen molar-refractivity contribution in [2.24, 2.45) is 23.2 Å². The van der Waals surface area contributed by atoms with E-state index in [-0.39, 0.29) is 28.6 Å². The number of Topliss-reactive ketones (excluding diaryl/α,β-unsaturated/α-hetero) is 1. The minimum absolute atomic E-state index is 0.0128. The molecule has 140 valence electrons. The summed E-state index contributed by atoms with van der Waals surface area (Å²) in [6, 6.07) is 2.49. The molecular formula is C21H35NO2Si. The van der Waals surface area contributed by atoms with Crippen molar-refractivity contribution in [3.63, 3.8) is 0 Å². The Morgan fingerprint density at radius 3 is 2.40 bits per heavy atom. The van der Waals surface area contributed by atoms with E-state index >= 15 is 0 Å². The molecule has 0 radical (unpaired) electrons. The minimum atomic E-state index is -1.90. The predicted octanol–water partition coefficient (Wildman–Crippen LogP) is 5.84. The molecule has 4 atom stereocenters. The molecular weight excluding hydrogens is 326 g/mol. The number of nitriles is 1. The van der Waals surface area contributed by atoms with Crippen LogP contribution in [0.5, 0.6) is 0 Å². The molecule has 2 aliphatic carbocycles. The third-order valence-corrected chi connectivity index (χ3v) is 11.3. The van der Waals surface area contributed by atoms with Gasteiger partial charge in [-0.05, 0) is 43.0 Å². The molecule has 0 unspecified atom stereocenters. The average Bonchev–Trinajstić information content (AvgIpc) is 2.48. The highest BCUT2D eigenvalue weighted by atomic mass is 28.4. The second-order valence-electron chi connectivity index (χ2n) is 9.72. The standard InChI is InChI=1S/C21H35NO2Si/c1-15-10-8-9-11-17-13-18(24-25(6,7)20(3,4)5)12-16(2)21(17,14-22)19(15)23/h12,15-17H,8-11,13H2,1-7H3/t15-,16-,17+,21-/m1/s1. The van der Waals surface area contributed by atoms with E-state index in [9.17, 15) is 10.1 Å². The maximum atomic E-state index is 13.2. The molecule has 0 amide bonds. The van der Waals surface area contributed by atoms with Gasteiger partial charge in [-0.3, -0.25) is 4.79 Å². The first kappa shape index (κ1) is 20.2. The molecule has 1 saturated carbocycles. The molecule has 4 heteroatoms. The molecule has 0 aromatic rings. The van der Waals surface area contributed by atoms with Gasteiger partial charge in [0.15, 0.2) is 5.78 Å². The number of allylic oxidation sites excluding steroid dienone is 2.